The Bertz CT molecular complexity index is 930. The second kappa shape index (κ2) is 7.56. The molecule has 0 bridgehead atoms. The molecule has 0 aliphatic carbocycles. The summed E-state index contributed by atoms with van der Waals surface area (Å²) in [6.07, 6.45) is 2.39. The molecule has 7 nitrogen and oxygen atoms in total. The maximum atomic E-state index is 13.6. The molecule has 26 heavy (non-hydrogen) atoms. The van der Waals surface area contributed by atoms with Crippen LogP contribution in [-0.4, -0.2) is 20.9 Å². The number of benzene rings is 1. The molecule has 2 aromatic heterocycles. The first-order valence-corrected chi connectivity index (χ1v) is 8.16. The monoisotopic (exact) mass is 423 g/mol. The fourth-order valence-electron chi connectivity index (χ4n) is 2.22. The summed E-state index contributed by atoms with van der Waals surface area (Å²) < 4.78 is 32.9. The topological polar surface area (TPSA) is 107 Å². The smallest absolute Gasteiger partial charge is 0.246 e. The van der Waals surface area contributed by atoms with Crippen molar-refractivity contribution < 1.29 is 18.0 Å². The number of hydrogen-bond acceptors (Lipinski definition) is 6. The second-order valence-corrected chi connectivity index (χ2v) is 5.98. The van der Waals surface area contributed by atoms with E-state index in [1.165, 1.54) is 18.5 Å². The van der Waals surface area contributed by atoms with Crippen LogP contribution in [0.15, 0.2) is 39.5 Å². The number of rotatable bonds is 5. The lowest BCUT2D eigenvalue weighted by Crippen LogP contribution is -2.26. The van der Waals surface area contributed by atoms with Gasteiger partial charge in [-0.15, -0.1) is 0 Å². The van der Waals surface area contributed by atoms with Crippen molar-refractivity contribution in [3.63, 3.8) is 0 Å². The average Bonchev–Trinajstić information content (AvgIpc) is 3.13. The number of nitrogens with zero attached hydrogens (tertiary/aromatic N) is 3. The van der Waals surface area contributed by atoms with Crippen molar-refractivity contribution in [1.82, 2.24) is 20.3 Å². The van der Waals surface area contributed by atoms with Crippen LogP contribution in [0.5, 0.6) is 0 Å². The molecular weight excluding hydrogens is 412 g/mol. The lowest BCUT2D eigenvalue weighted by molar-refractivity contribution is -0.120. The van der Waals surface area contributed by atoms with Crippen LogP contribution < -0.4 is 11.1 Å². The van der Waals surface area contributed by atoms with Crippen molar-refractivity contribution >= 4 is 27.8 Å². The molecule has 3 aromatic rings. The summed E-state index contributed by atoms with van der Waals surface area (Å²) in [7, 11) is 0. The molecule has 3 rings (SSSR count). The molecule has 0 unspecified atom stereocenters. The van der Waals surface area contributed by atoms with Crippen molar-refractivity contribution in [3.05, 3.63) is 58.0 Å². The lowest BCUT2D eigenvalue weighted by atomic mass is 10.1. The molecule has 134 valence electrons. The molecule has 0 atom stereocenters. The minimum atomic E-state index is -0.779. The zero-order valence-electron chi connectivity index (χ0n) is 13.2. The Morgan fingerprint density at radius 3 is 2.65 bits per heavy atom. The van der Waals surface area contributed by atoms with Crippen molar-refractivity contribution in [3.8, 4) is 11.6 Å². The largest absolute Gasteiger partial charge is 0.443 e. The second-order valence-electron chi connectivity index (χ2n) is 5.18. The Kier molecular flexibility index (Phi) is 5.21. The van der Waals surface area contributed by atoms with Crippen molar-refractivity contribution in [2.45, 2.75) is 13.0 Å². The van der Waals surface area contributed by atoms with Gasteiger partial charge in [-0.3, -0.25) is 4.79 Å². The summed E-state index contributed by atoms with van der Waals surface area (Å²) >= 11 is 3.33. The molecule has 0 saturated carbocycles. The SMILES string of the molecule is Nc1nc(CNC(=O)Cc2c(F)cccc2F)c(Br)c(-c2ncco2)n1. The lowest BCUT2D eigenvalue weighted by Gasteiger charge is -2.10. The van der Waals surface area contributed by atoms with Crippen LogP contribution in [0.4, 0.5) is 14.7 Å². The zero-order chi connectivity index (χ0) is 18.7. The van der Waals surface area contributed by atoms with E-state index in [-0.39, 0.29) is 23.9 Å². The Balaban J connectivity index is 1.75. The molecule has 0 spiro atoms. The molecule has 0 radical (unpaired) electrons. The average molecular weight is 424 g/mol. The van der Waals surface area contributed by atoms with E-state index >= 15 is 0 Å². The van der Waals surface area contributed by atoms with Crippen molar-refractivity contribution in [2.75, 3.05) is 5.73 Å². The van der Waals surface area contributed by atoms with E-state index in [4.69, 9.17) is 10.2 Å². The number of hydrogen-bond donors (Lipinski definition) is 2. The van der Waals surface area contributed by atoms with Gasteiger partial charge in [0.25, 0.3) is 0 Å². The van der Waals surface area contributed by atoms with Gasteiger partial charge >= 0.3 is 0 Å². The predicted octanol–water partition coefficient (Wildman–Crippen LogP) is 2.61. The summed E-state index contributed by atoms with van der Waals surface area (Å²) in [5.74, 6) is -1.94. The van der Waals surface area contributed by atoms with Crippen molar-refractivity contribution in [2.24, 2.45) is 0 Å². The first-order valence-electron chi connectivity index (χ1n) is 7.37. The van der Waals surface area contributed by atoms with E-state index in [2.05, 4.69) is 36.2 Å². The maximum absolute atomic E-state index is 13.6. The third kappa shape index (κ3) is 3.85. The van der Waals surface area contributed by atoms with Crippen LogP contribution in [0.25, 0.3) is 11.6 Å². The van der Waals surface area contributed by atoms with Crippen LogP contribution in [0.1, 0.15) is 11.3 Å². The molecule has 1 amide bonds. The normalized spacial score (nSPS) is 10.7. The quantitative estimate of drug-likeness (QED) is 0.652. The molecule has 0 aliphatic heterocycles. The highest BCUT2D eigenvalue weighted by Gasteiger charge is 2.18. The highest BCUT2D eigenvalue weighted by molar-refractivity contribution is 9.10. The zero-order valence-corrected chi connectivity index (χ0v) is 14.8. The van der Waals surface area contributed by atoms with Gasteiger partial charge < -0.3 is 15.5 Å². The Morgan fingerprint density at radius 1 is 1.27 bits per heavy atom. The fraction of sp³-hybridized carbons (Fsp3) is 0.125. The van der Waals surface area contributed by atoms with E-state index in [0.717, 1.165) is 12.1 Å². The molecule has 3 N–H and O–H groups in total. The van der Waals surface area contributed by atoms with Gasteiger partial charge in [-0.05, 0) is 28.1 Å². The van der Waals surface area contributed by atoms with E-state index in [1.54, 1.807) is 0 Å². The minimum absolute atomic E-state index is 0.0318. The molecule has 0 aliphatic rings. The van der Waals surface area contributed by atoms with Gasteiger partial charge in [-0.1, -0.05) is 6.07 Å². The number of nitrogens with two attached hydrogens (primary N) is 1. The number of halogens is 3. The van der Waals surface area contributed by atoms with E-state index in [9.17, 15) is 13.6 Å². The number of aromatic nitrogens is 3. The number of amides is 1. The molecule has 2 heterocycles. The summed E-state index contributed by atoms with van der Waals surface area (Å²) in [6.45, 7) is -0.0318. The number of nitrogen functional groups attached to an aromatic ring is 1. The van der Waals surface area contributed by atoms with Crippen molar-refractivity contribution in [1.29, 1.82) is 0 Å². The van der Waals surface area contributed by atoms with Crippen LogP contribution in [-0.2, 0) is 17.8 Å². The molecule has 0 fully saturated rings. The third-order valence-electron chi connectivity index (χ3n) is 3.42. The van der Waals surface area contributed by atoms with Gasteiger partial charge in [0.2, 0.25) is 17.7 Å². The Hall–Kier alpha value is -2.88. The minimum Gasteiger partial charge on any atom is -0.443 e. The van der Waals surface area contributed by atoms with Crippen LogP contribution in [0.3, 0.4) is 0 Å². The number of anilines is 1. The predicted molar refractivity (Wildman–Crippen MR) is 91.6 cm³/mol. The molecule has 0 saturated heterocycles. The standard InChI is InChI=1S/C16H12BrF2N5O2/c17-13-11(23-16(20)24-14(13)15-21-4-5-26-15)7-22-12(25)6-8-9(18)2-1-3-10(8)19/h1-5H,6-7H2,(H,22,25)(H2,20,23,24). The third-order valence-corrected chi connectivity index (χ3v) is 4.26. The number of carbonyl (C=O) groups is 1. The van der Waals surface area contributed by atoms with Gasteiger partial charge in [-0.25, -0.2) is 23.7 Å². The fourth-order valence-corrected chi connectivity index (χ4v) is 2.71. The molecule has 1 aromatic carbocycles. The molecular formula is C16H12BrF2N5O2. The van der Waals surface area contributed by atoms with E-state index in [1.807, 2.05) is 0 Å². The van der Waals surface area contributed by atoms with Crippen LogP contribution in [0, 0.1) is 11.6 Å². The number of nitrogens with one attached hydrogen (secondary N) is 1. The molecule has 10 heteroatoms. The summed E-state index contributed by atoms with van der Waals surface area (Å²) in [5.41, 5.74) is 6.07. The van der Waals surface area contributed by atoms with Gasteiger partial charge in [0.05, 0.1) is 29.3 Å². The number of oxazole rings is 1. The first kappa shape index (κ1) is 17.9. The first-order chi connectivity index (χ1) is 12.5. The van der Waals surface area contributed by atoms with Gasteiger partial charge in [0.1, 0.15) is 23.6 Å². The van der Waals surface area contributed by atoms with E-state index < -0.39 is 24.0 Å². The van der Waals surface area contributed by atoms with Gasteiger partial charge in [-0.2, -0.15) is 0 Å². The highest BCUT2D eigenvalue weighted by atomic mass is 79.9. The Labute approximate surface area is 154 Å². The highest BCUT2D eigenvalue weighted by Crippen LogP contribution is 2.28. The van der Waals surface area contributed by atoms with Gasteiger partial charge in [0, 0.05) is 5.56 Å². The summed E-state index contributed by atoms with van der Waals surface area (Å²) in [4.78, 5) is 24.1. The van der Waals surface area contributed by atoms with Crippen LogP contribution >= 0.6 is 15.9 Å². The van der Waals surface area contributed by atoms with E-state index in [0.29, 0.717) is 15.9 Å². The maximum Gasteiger partial charge on any atom is 0.246 e. The Morgan fingerprint density at radius 2 is 2.00 bits per heavy atom. The summed E-state index contributed by atoms with van der Waals surface area (Å²) in [6, 6.07) is 3.42. The van der Waals surface area contributed by atoms with Gasteiger partial charge in [0.15, 0.2) is 0 Å². The van der Waals surface area contributed by atoms with Crippen LogP contribution in [0.2, 0.25) is 0 Å². The summed E-state index contributed by atoms with van der Waals surface area (Å²) in [5, 5.41) is 2.54. The number of carbonyl (C=O) groups excluding carboxylic acids is 1.